The maximum Gasteiger partial charge on any atom is 0.224 e. The van der Waals surface area contributed by atoms with E-state index in [4.69, 9.17) is 4.74 Å². The van der Waals surface area contributed by atoms with Gasteiger partial charge in [-0.1, -0.05) is 55.8 Å². The molecule has 26 heavy (non-hydrogen) atoms. The summed E-state index contributed by atoms with van der Waals surface area (Å²) in [5.41, 5.74) is 4.32. The van der Waals surface area contributed by atoms with E-state index >= 15 is 0 Å². The van der Waals surface area contributed by atoms with E-state index in [1.807, 2.05) is 18.2 Å². The Balaban J connectivity index is 1.81. The van der Waals surface area contributed by atoms with E-state index < -0.39 is 0 Å². The van der Waals surface area contributed by atoms with E-state index in [0.29, 0.717) is 6.42 Å². The highest BCUT2D eigenvalue weighted by Crippen LogP contribution is 2.42. The Hall–Kier alpha value is -2.29. The third kappa shape index (κ3) is 3.77. The van der Waals surface area contributed by atoms with Crippen LogP contribution in [-0.4, -0.2) is 11.5 Å². The van der Waals surface area contributed by atoms with Crippen molar-refractivity contribution < 1.29 is 9.53 Å². The normalized spacial score (nSPS) is 17.9. The van der Waals surface area contributed by atoms with Gasteiger partial charge in [0.25, 0.3) is 0 Å². The van der Waals surface area contributed by atoms with Crippen molar-refractivity contribution in [3.63, 3.8) is 0 Å². The standard InChI is InChI=1S/C23H29NO2/c1-5-23(6-2)15-20(19-9-7-8-10-21(19)26-23)24-22(25)14-18-13-16(3)11-12-17(18)4/h7-13,20H,5-6,14-15H2,1-4H3,(H,24,25)/t20-/m0/s1. The molecular formula is C23H29NO2. The summed E-state index contributed by atoms with van der Waals surface area (Å²) < 4.78 is 6.33. The molecule has 1 aliphatic heterocycles. The number of aryl methyl sites for hydroxylation is 2. The van der Waals surface area contributed by atoms with Crippen LogP contribution in [0.3, 0.4) is 0 Å². The molecule has 1 aliphatic rings. The predicted octanol–water partition coefficient (Wildman–Crippen LogP) is 5.04. The largest absolute Gasteiger partial charge is 0.487 e. The Labute approximate surface area is 156 Å². The Morgan fingerprint density at radius 3 is 2.62 bits per heavy atom. The van der Waals surface area contributed by atoms with Crippen molar-refractivity contribution in [2.24, 2.45) is 0 Å². The maximum absolute atomic E-state index is 12.8. The topological polar surface area (TPSA) is 38.3 Å². The van der Waals surface area contributed by atoms with Crippen LogP contribution in [0.4, 0.5) is 0 Å². The molecule has 0 fully saturated rings. The summed E-state index contributed by atoms with van der Waals surface area (Å²) in [6.07, 6.45) is 3.09. The molecule has 3 rings (SSSR count). The molecule has 1 atom stereocenters. The van der Waals surface area contributed by atoms with Gasteiger partial charge in [0.2, 0.25) is 5.91 Å². The minimum absolute atomic E-state index is 0.00235. The average molecular weight is 351 g/mol. The van der Waals surface area contributed by atoms with Crippen LogP contribution in [-0.2, 0) is 11.2 Å². The number of rotatable bonds is 5. The lowest BCUT2D eigenvalue weighted by molar-refractivity contribution is -0.121. The van der Waals surface area contributed by atoms with Gasteiger partial charge in [0.15, 0.2) is 0 Å². The first-order valence-electron chi connectivity index (χ1n) is 9.60. The Morgan fingerprint density at radius 2 is 1.88 bits per heavy atom. The van der Waals surface area contributed by atoms with Crippen LogP contribution in [0.25, 0.3) is 0 Å². The molecule has 0 unspecified atom stereocenters. The Morgan fingerprint density at radius 1 is 1.15 bits per heavy atom. The van der Waals surface area contributed by atoms with Crippen molar-refractivity contribution in [1.29, 1.82) is 0 Å². The predicted molar refractivity (Wildman–Crippen MR) is 106 cm³/mol. The van der Waals surface area contributed by atoms with Crippen LogP contribution in [0.2, 0.25) is 0 Å². The van der Waals surface area contributed by atoms with E-state index in [1.54, 1.807) is 0 Å². The first-order chi connectivity index (χ1) is 12.5. The van der Waals surface area contributed by atoms with E-state index in [9.17, 15) is 4.79 Å². The molecule has 0 saturated carbocycles. The van der Waals surface area contributed by atoms with Gasteiger partial charge in [-0.15, -0.1) is 0 Å². The second kappa shape index (κ2) is 7.53. The van der Waals surface area contributed by atoms with E-state index in [1.165, 1.54) is 5.56 Å². The van der Waals surface area contributed by atoms with Gasteiger partial charge in [-0.2, -0.15) is 0 Å². The molecule has 1 N–H and O–H groups in total. The molecular weight excluding hydrogens is 322 g/mol. The quantitative estimate of drug-likeness (QED) is 0.819. The second-order valence-corrected chi connectivity index (χ2v) is 7.46. The van der Waals surface area contributed by atoms with Gasteiger partial charge < -0.3 is 10.1 Å². The summed E-state index contributed by atoms with van der Waals surface area (Å²) in [5, 5.41) is 3.27. The molecule has 0 spiro atoms. The molecule has 1 heterocycles. The number of carbonyl (C=O) groups excluding carboxylic acids is 1. The fourth-order valence-corrected chi connectivity index (χ4v) is 3.84. The Kier molecular flexibility index (Phi) is 5.36. The van der Waals surface area contributed by atoms with Gasteiger partial charge in [0.05, 0.1) is 12.5 Å². The maximum atomic E-state index is 12.8. The van der Waals surface area contributed by atoms with Gasteiger partial charge in [0, 0.05) is 12.0 Å². The zero-order valence-electron chi connectivity index (χ0n) is 16.3. The van der Waals surface area contributed by atoms with Crippen LogP contribution in [0.1, 0.15) is 61.4 Å². The molecule has 3 nitrogen and oxygen atoms in total. The van der Waals surface area contributed by atoms with Gasteiger partial charge in [0.1, 0.15) is 11.4 Å². The highest BCUT2D eigenvalue weighted by molar-refractivity contribution is 5.79. The number of para-hydroxylation sites is 1. The van der Waals surface area contributed by atoms with Crippen LogP contribution >= 0.6 is 0 Å². The van der Waals surface area contributed by atoms with Crippen molar-refractivity contribution in [2.45, 2.75) is 65.0 Å². The first kappa shape index (κ1) is 18.5. The SMILES string of the molecule is CCC1(CC)C[C@H](NC(=O)Cc2cc(C)ccc2C)c2ccccc2O1. The fourth-order valence-electron chi connectivity index (χ4n) is 3.84. The van der Waals surface area contributed by atoms with Crippen molar-refractivity contribution in [3.05, 3.63) is 64.7 Å². The third-order valence-corrected chi connectivity index (χ3v) is 5.68. The summed E-state index contributed by atoms with van der Waals surface area (Å²) in [6, 6.07) is 14.4. The lowest BCUT2D eigenvalue weighted by Crippen LogP contribution is -2.44. The van der Waals surface area contributed by atoms with Crippen LogP contribution in [0.15, 0.2) is 42.5 Å². The Bertz CT molecular complexity index is 793. The van der Waals surface area contributed by atoms with Crippen LogP contribution in [0, 0.1) is 13.8 Å². The number of benzene rings is 2. The molecule has 138 valence electrons. The number of amides is 1. The minimum atomic E-state index is -0.203. The number of hydrogen-bond acceptors (Lipinski definition) is 2. The van der Waals surface area contributed by atoms with Crippen molar-refractivity contribution >= 4 is 5.91 Å². The number of hydrogen-bond donors (Lipinski definition) is 1. The van der Waals surface area contributed by atoms with Crippen molar-refractivity contribution in [3.8, 4) is 5.75 Å². The highest BCUT2D eigenvalue weighted by Gasteiger charge is 2.38. The van der Waals surface area contributed by atoms with E-state index in [-0.39, 0.29) is 17.6 Å². The number of nitrogens with one attached hydrogen (secondary N) is 1. The summed E-state index contributed by atoms with van der Waals surface area (Å²) in [6.45, 7) is 8.44. The summed E-state index contributed by atoms with van der Waals surface area (Å²) >= 11 is 0. The lowest BCUT2D eigenvalue weighted by Gasteiger charge is -2.41. The zero-order valence-corrected chi connectivity index (χ0v) is 16.3. The molecule has 0 bridgehead atoms. The number of ether oxygens (including phenoxy) is 1. The summed E-state index contributed by atoms with van der Waals surface area (Å²) in [4.78, 5) is 12.8. The molecule has 0 aliphatic carbocycles. The molecule has 3 heteroatoms. The van der Waals surface area contributed by atoms with Gasteiger partial charge in [-0.3, -0.25) is 4.79 Å². The van der Waals surface area contributed by atoms with Crippen molar-refractivity contribution in [2.75, 3.05) is 0 Å². The van der Waals surface area contributed by atoms with E-state index in [0.717, 1.165) is 41.7 Å². The minimum Gasteiger partial charge on any atom is -0.487 e. The lowest BCUT2D eigenvalue weighted by atomic mass is 9.83. The highest BCUT2D eigenvalue weighted by atomic mass is 16.5. The average Bonchev–Trinajstić information content (AvgIpc) is 2.64. The molecule has 2 aromatic carbocycles. The van der Waals surface area contributed by atoms with Gasteiger partial charge >= 0.3 is 0 Å². The fraction of sp³-hybridized carbons (Fsp3) is 0.435. The van der Waals surface area contributed by atoms with Crippen LogP contribution in [0.5, 0.6) is 5.75 Å². The monoisotopic (exact) mass is 351 g/mol. The number of fused-ring (bicyclic) bond motifs is 1. The first-order valence-corrected chi connectivity index (χ1v) is 9.60. The molecule has 0 aromatic heterocycles. The van der Waals surface area contributed by atoms with Crippen LogP contribution < -0.4 is 10.1 Å². The van der Waals surface area contributed by atoms with Crippen molar-refractivity contribution in [1.82, 2.24) is 5.32 Å². The molecule has 1 amide bonds. The van der Waals surface area contributed by atoms with Gasteiger partial charge in [-0.25, -0.2) is 0 Å². The molecule has 0 radical (unpaired) electrons. The summed E-state index contributed by atoms with van der Waals surface area (Å²) in [5.74, 6) is 0.973. The van der Waals surface area contributed by atoms with E-state index in [2.05, 4.69) is 57.3 Å². The summed E-state index contributed by atoms with van der Waals surface area (Å²) in [7, 11) is 0. The number of carbonyl (C=O) groups is 1. The van der Waals surface area contributed by atoms with Gasteiger partial charge in [-0.05, 0) is 43.9 Å². The zero-order chi connectivity index (χ0) is 18.7. The molecule has 2 aromatic rings. The smallest absolute Gasteiger partial charge is 0.224 e. The second-order valence-electron chi connectivity index (χ2n) is 7.46. The third-order valence-electron chi connectivity index (χ3n) is 5.68. The molecule has 0 saturated heterocycles.